The average Bonchev–Trinajstić information content (AvgIpc) is 2.58. The average molecular weight is 321 g/mol. The molecule has 0 spiro atoms. The van der Waals surface area contributed by atoms with E-state index in [1.165, 1.54) is 0 Å². The van der Waals surface area contributed by atoms with Gasteiger partial charge in [-0.05, 0) is 31.5 Å². The van der Waals surface area contributed by atoms with Gasteiger partial charge in [-0.2, -0.15) is 0 Å². The van der Waals surface area contributed by atoms with Crippen molar-refractivity contribution >= 4 is 22.6 Å². The number of nitrogens with zero attached hydrogens (tertiary/aromatic N) is 3. The molecule has 2 N–H and O–H groups in total. The van der Waals surface area contributed by atoms with Crippen molar-refractivity contribution in [2.45, 2.75) is 13.8 Å². The van der Waals surface area contributed by atoms with E-state index in [1.807, 2.05) is 38.1 Å². The summed E-state index contributed by atoms with van der Waals surface area (Å²) in [4.78, 5) is 25.0. The molecule has 0 aliphatic carbocycles. The SMILES string of the molecule is Cc1ccc2cc(C(=O)NCCNc3cnccn3)c(C)nc2c1. The van der Waals surface area contributed by atoms with Crippen molar-refractivity contribution in [3.8, 4) is 0 Å². The molecule has 0 unspecified atom stereocenters. The monoisotopic (exact) mass is 321 g/mol. The zero-order chi connectivity index (χ0) is 16.9. The Morgan fingerprint density at radius 2 is 2.00 bits per heavy atom. The van der Waals surface area contributed by atoms with E-state index >= 15 is 0 Å². The standard InChI is InChI=1S/C18H19N5O/c1-12-3-4-14-10-15(13(2)23-16(14)9-12)18(24)22-8-7-21-17-11-19-5-6-20-17/h3-6,9-11H,7-8H2,1-2H3,(H,20,21)(H,22,24). The highest BCUT2D eigenvalue weighted by molar-refractivity contribution is 5.98. The third-order valence-electron chi connectivity index (χ3n) is 3.69. The molecule has 0 saturated carbocycles. The number of hydrogen-bond donors (Lipinski definition) is 2. The Bertz CT molecular complexity index is 864. The molecule has 2 heterocycles. The van der Waals surface area contributed by atoms with E-state index in [0.717, 1.165) is 22.2 Å². The van der Waals surface area contributed by atoms with Gasteiger partial charge >= 0.3 is 0 Å². The van der Waals surface area contributed by atoms with Crippen LogP contribution in [-0.2, 0) is 0 Å². The van der Waals surface area contributed by atoms with Crippen LogP contribution in [0.25, 0.3) is 10.9 Å². The second-order valence-electron chi connectivity index (χ2n) is 5.59. The smallest absolute Gasteiger partial charge is 0.253 e. The Kier molecular flexibility index (Phi) is 4.65. The first-order chi connectivity index (χ1) is 11.6. The van der Waals surface area contributed by atoms with Gasteiger partial charge in [-0.15, -0.1) is 0 Å². The summed E-state index contributed by atoms with van der Waals surface area (Å²) in [6.45, 7) is 4.94. The molecule has 3 aromatic rings. The summed E-state index contributed by atoms with van der Waals surface area (Å²) in [5.41, 5.74) is 3.40. The van der Waals surface area contributed by atoms with Gasteiger partial charge in [0.25, 0.3) is 5.91 Å². The molecule has 1 aromatic carbocycles. The van der Waals surface area contributed by atoms with Crippen molar-refractivity contribution in [3.05, 3.63) is 59.7 Å². The Balaban J connectivity index is 1.63. The number of hydrogen-bond acceptors (Lipinski definition) is 5. The molecular weight excluding hydrogens is 302 g/mol. The first-order valence-corrected chi connectivity index (χ1v) is 7.79. The number of carbonyl (C=O) groups is 1. The number of rotatable bonds is 5. The quantitative estimate of drug-likeness (QED) is 0.706. The molecule has 6 heteroatoms. The van der Waals surface area contributed by atoms with Crippen molar-refractivity contribution < 1.29 is 4.79 Å². The molecule has 0 fully saturated rings. The maximum Gasteiger partial charge on any atom is 0.253 e. The first kappa shape index (κ1) is 15.9. The summed E-state index contributed by atoms with van der Waals surface area (Å²) in [5, 5.41) is 6.96. The number of aryl methyl sites for hydroxylation is 2. The minimum absolute atomic E-state index is 0.122. The topological polar surface area (TPSA) is 79.8 Å². The summed E-state index contributed by atoms with van der Waals surface area (Å²) >= 11 is 0. The van der Waals surface area contributed by atoms with Gasteiger partial charge in [-0.25, -0.2) is 4.98 Å². The van der Waals surface area contributed by atoms with E-state index in [2.05, 4.69) is 25.6 Å². The molecule has 6 nitrogen and oxygen atoms in total. The third-order valence-corrected chi connectivity index (χ3v) is 3.69. The van der Waals surface area contributed by atoms with E-state index in [1.54, 1.807) is 18.6 Å². The molecule has 0 saturated heterocycles. The van der Waals surface area contributed by atoms with Gasteiger partial charge in [0, 0.05) is 30.9 Å². The van der Waals surface area contributed by atoms with Crippen LogP contribution in [0.1, 0.15) is 21.6 Å². The second-order valence-corrected chi connectivity index (χ2v) is 5.59. The molecule has 122 valence electrons. The van der Waals surface area contributed by atoms with Crippen molar-refractivity contribution in [1.82, 2.24) is 20.3 Å². The lowest BCUT2D eigenvalue weighted by molar-refractivity contribution is 0.0954. The van der Waals surface area contributed by atoms with Gasteiger partial charge in [0.2, 0.25) is 0 Å². The fourth-order valence-corrected chi connectivity index (χ4v) is 2.46. The molecule has 0 radical (unpaired) electrons. The van der Waals surface area contributed by atoms with Crippen molar-refractivity contribution in [2.24, 2.45) is 0 Å². The zero-order valence-corrected chi connectivity index (χ0v) is 13.7. The minimum atomic E-state index is -0.122. The lowest BCUT2D eigenvalue weighted by atomic mass is 10.1. The van der Waals surface area contributed by atoms with Gasteiger partial charge in [-0.3, -0.25) is 14.8 Å². The van der Waals surface area contributed by atoms with Gasteiger partial charge in [-0.1, -0.05) is 12.1 Å². The summed E-state index contributed by atoms with van der Waals surface area (Å²) in [6, 6.07) is 7.92. The van der Waals surface area contributed by atoms with E-state index in [4.69, 9.17) is 0 Å². The number of aromatic nitrogens is 3. The molecule has 0 aliphatic heterocycles. The van der Waals surface area contributed by atoms with Crippen LogP contribution in [0.15, 0.2) is 42.9 Å². The maximum atomic E-state index is 12.4. The van der Waals surface area contributed by atoms with Crippen LogP contribution in [-0.4, -0.2) is 33.9 Å². The fraction of sp³-hybridized carbons (Fsp3) is 0.222. The van der Waals surface area contributed by atoms with Crippen LogP contribution >= 0.6 is 0 Å². The Labute approximate surface area is 140 Å². The number of fused-ring (bicyclic) bond motifs is 1. The second kappa shape index (κ2) is 7.04. The Hall–Kier alpha value is -3.02. The summed E-state index contributed by atoms with van der Waals surface area (Å²) in [7, 11) is 0. The van der Waals surface area contributed by atoms with Crippen molar-refractivity contribution in [3.63, 3.8) is 0 Å². The van der Waals surface area contributed by atoms with Crippen LogP contribution in [0.4, 0.5) is 5.82 Å². The molecule has 0 atom stereocenters. The van der Waals surface area contributed by atoms with E-state index < -0.39 is 0 Å². The normalized spacial score (nSPS) is 10.6. The summed E-state index contributed by atoms with van der Waals surface area (Å²) in [5.74, 6) is 0.564. The zero-order valence-electron chi connectivity index (χ0n) is 13.7. The molecule has 0 aliphatic rings. The van der Waals surface area contributed by atoms with Crippen LogP contribution in [0.5, 0.6) is 0 Å². The first-order valence-electron chi connectivity index (χ1n) is 7.79. The van der Waals surface area contributed by atoms with Gasteiger partial charge < -0.3 is 10.6 Å². The highest BCUT2D eigenvalue weighted by Crippen LogP contribution is 2.17. The molecule has 3 rings (SSSR count). The lowest BCUT2D eigenvalue weighted by Crippen LogP contribution is -2.29. The lowest BCUT2D eigenvalue weighted by Gasteiger charge is -2.10. The molecular formula is C18H19N5O. The Morgan fingerprint density at radius 3 is 2.79 bits per heavy atom. The number of benzene rings is 1. The minimum Gasteiger partial charge on any atom is -0.367 e. The molecule has 24 heavy (non-hydrogen) atoms. The van der Waals surface area contributed by atoms with Crippen LogP contribution in [0, 0.1) is 13.8 Å². The number of nitrogens with one attached hydrogen (secondary N) is 2. The third kappa shape index (κ3) is 3.65. The molecule has 2 aromatic heterocycles. The van der Waals surface area contributed by atoms with E-state index in [9.17, 15) is 4.79 Å². The highest BCUT2D eigenvalue weighted by Gasteiger charge is 2.11. The maximum absolute atomic E-state index is 12.4. The van der Waals surface area contributed by atoms with Crippen LogP contribution in [0.2, 0.25) is 0 Å². The number of carbonyl (C=O) groups excluding carboxylic acids is 1. The highest BCUT2D eigenvalue weighted by atomic mass is 16.1. The largest absolute Gasteiger partial charge is 0.367 e. The van der Waals surface area contributed by atoms with Gasteiger partial charge in [0.15, 0.2) is 0 Å². The van der Waals surface area contributed by atoms with Crippen molar-refractivity contribution in [1.29, 1.82) is 0 Å². The van der Waals surface area contributed by atoms with E-state index in [0.29, 0.717) is 24.5 Å². The van der Waals surface area contributed by atoms with Crippen LogP contribution < -0.4 is 10.6 Å². The van der Waals surface area contributed by atoms with E-state index in [-0.39, 0.29) is 5.91 Å². The predicted octanol–water partition coefficient (Wildman–Crippen LogP) is 2.48. The summed E-state index contributed by atoms with van der Waals surface area (Å²) in [6.07, 6.45) is 4.87. The van der Waals surface area contributed by atoms with Crippen molar-refractivity contribution in [2.75, 3.05) is 18.4 Å². The fourth-order valence-electron chi connectivity index (χ4n) is 2.46. The van der Waals surface area contributed by atoms with Crippen LogP contribution in [0.3, 0.4) is 0 Å². The number of pyridine rings is 1. The number of amides is 1. The molecule has 0 bridgehead atoms. The van der Waals surface area contributed by atoms with Gasteiger partial charge in [0.1, 0.15) is 5.82 Å². The summed E-state index contributed by atoms with van der Waals surface area (Å²) < 4.78 is 0. The molecule has 1 amide bonds. The Morgan fingerprint density at radius 1 is 1.12 bits per heavy atom. The van der Waals surface area contributed by atoms with Gasteiger partial charge in [0.05, 0.1) is 23.0 Å². The number of anilines is 1. The predicted molar refractivity (Wildman–Crippen MR) is 94.1 cm³/mol.